The van der Waals surface area contributed by atoms with Crippen LogP contribution in [0.4, 0.5) is 13.2 Å². The highest BCUT2D eigenvalue weighted by Gasteiger charge is 2.41. The molecule has 0 aliphatic heterocycles. The number of hydrogen-bond donors (Lipinski definition) is 4. The van der Waals surface area contributed by atoms with Gasteiger partial charge in [-0.05, 0) is 30.9 Å². The van der Waals surface area contributed by atoms with E-state index in [0.29, 0.717) is 5.57 Å². The summed E-state index contributed by atoms with van der Waals surface area (Å²) in [5.74, 6) is -3.70. The number of carbonyl (C=O) groups is 4. The van der Waals surface area contributed by atoms with E-state index < -0.39 is 41.0 Å². The summed E-state index contributed by atoms with van der Waals surface area (Å²) in [6.07, 6.45) is -3.36. The summed E-state index contributed by atoms with van der Waals surface area (Å²) < 4.78 is 31.7. The summed E-state index contributed by atoms with van der Waals surface area (Å²) in [6, 6.07) is 8.17. The summed E-state index contributed by atoms with van der Waals surface area (Å²) in [6.45, 7) is 15.4. The van der Waals surface area contributed by atoms with Gasteiger partial charge in [0.05, 0.1) is 12.1 Å². The number of aliphatic carboxylic acids is 1. The number of hydrogen-bond acceptors (Lipinski definition) is 5. The molecule has 0 saturated carbocycles. The van der Waals surface area contributed by atoms with Gasteiger partial charge < -0.3 is 26.4 Å². The van der Waals surface area contributed by atoms with E-state index in [-0.39, 0.29) is 23.8 Å². The maximum absolute atomic E-state index is 13.7. The van der Waals surface area contributed by atoms with E-state index in [1.807, 2.05) is 78.8 Å². The van der Waals surface area contributed by atoms with Crippen LogP contribution in [0.15, 0.2) is 42.0 Å². The van der Waals surface area contributed by atoms with Crippen LogP contribution >= 0.6 is 0 Å². The first-order valence-electron chi connectivity index (χ1n) is 13.1. The van der Waals surface area contributed by atoms with Gasteiger partial charge in [0.2, 0.25) is 17.7 Å². The highest BCUT2D eigenvalue weighted by Crippen LogP contribution is 2.29. The second kappa shape index (κ2) is 15.0. The first kappa shape index (κ1) is 37.6. The number of carboxylic acid groups (broad SMARTS) is 1. The first-order valence-corrected chi connectivity index (χ1v) is 13.1. The smallest absolute Gasteiger partial charge is 0.475 e. The molecule has 0 aliphatic rings. The summed E-state index contributed by atoms with van der Waals surface area (Å²) >= 11 is 0. The van der Waals surface area contributed by atoms with Crippen molar-refractivity contribution in [1.29, 1.82) is 0 Å². The van der Waals surface area contributed by atoms with Gasteiger partial charge in [0, 0.05) is 18.0 Å². The normalized spacial score (nSPS) is 14.7. The molecule has 0 bridgehead atoms. The maximum atomic E-state index is 13.7. The molecule has 1 aromatic carbocycles. The van der Waals surface area contributed by atoms with Crippen LogP contribution < -0.4 is 16.4 Å². The zero-order valence-corrected chi connectivity index (χ0v) is 25.5. The van der Waals surface area contributed by atoms with Crippen molar-refractivity contribution in [2.45, 2.75) is 85.1 Å². The third kappa shape index (κ3) is 11.2. The molecule has 0 aromatic heterocycles. The second-order valence-corrected chi connectivity index (χ2v) is 11.8. The van der Waals surface area contributed by atoms with Crippen LogP contribution in [0.2, 0.25) is 0 Å². The fourth-order valence-corrected chi connectivity index (χ4v) is 4.17. The Hall–Kier alpha value is -3.41. The average molecular weight is 587 g/mol. The zero-order valence-electron chi connectivity index (χ0n) is 25.5. The molecule has 0 heterocycles. The van der Waals surface area contributed by atoms with Crippen molar-refractivity contribution in [2.75, 3.05) is 14.1 Å². The molecule has 1 rings (SSSR count). The third-order valence-corrected chi connectivity index (χ3v) is 6.72. The minimum absolute atomic E-state index is 0.0432. The molecule has 0 aliphatic carbocycles. The van der Waals surface area contributed by atoms with Crippen LogP contribution in [0.5, 0.6) is 0 Å². The fraction of sp³-hybridized carbons (Fsp3) is 0.586. The van der Waals surface area contributed by atoms with Crippen LogP contribution in [0.25, 0.3) is 0 Å². The van der Waals surface area contributed by atoms with E-state index in [0.717, 1.165) is 5.56 Å². The Kier molecular flexibility index (Phi) is 13.8. The quantitative estimate of drug-likeness (QED) is 0.309. The van der Waals surface area contributed by atoms with E-state index in [2.05, 4.69) is 10.6 Å². The van der Waals surface area contributed by atoms with Crippen molar-refractivity contribution in [3.05, 3.63) is 47.5 Å². The molecular weight excluding hydrogens is 541 g/mol. The lowest BCUT2D eigenvalue weighted by Crippen LogP contribution is -2.61. The van der Waals surface area contributed by atoms with Crippen molar-refractivity contribution in [3.63, 3.8) is 0 Å². The Morgan fingerprint density at radius 3 is 1.78 bits per heavy atom. The Balaban J connectivity index is 0.00000201. The molecule has 1 aromatic rings. The lowest BCUT2D eigenvalue weighted by atomic mass is 9.76. The molecular formula is C29H45F3N4O5. The molecule has 0 spiro atoms. The Labute approximate surface area is 240 Å². The van der Waals surface area contributed by atoms with E-state index in [9.17, 15) is 27.6 Å². The predicted octanol–water partition coefficient (Wildman–Crippen LogP) is 3.63. The molecule has 41 heavy (non-hydrogen) atoms. The van der Waals surface area contributed by atoms with Gasteiger partial charge in [-0.15, -0.1) is 0 Å². The molecule has 9 nitrogen and oxygen atoms in total. The van der Waals surface area contributed by atoms with Crippen molar-refractivity contribution < 1.29 is 37.5 Å². The van der Waals surface area contributed by atoms with Crippen molar-refractivity contribution in [3.8, 4) is 0 Å². The number of amides is 3. The highest BCUT2D eigenvalue weighted by molar-refractivity contribution is 5.92. The SMILES string of the molecule is CN[C@H](C(=O)N[C@H](C(=O)N(C)[C@H](C=C(C)C(N)=O)C(C)C)C(C)(C)C)C(C)(C)c1ccccc1.O=C(O)C(F)(F)F. The topological polar surface area (TPSA) is 142 Å². The van der Waals surface area contributed by atoms with Crippen LogP contribution in [0, 0.1) is 11.3 Å². The van der Waals surface area contributed by atoms with Gasteiger partial charge in [0.15, 0.2) is 0 Å². The minimum Gasteiger partial charge on any atom is -0.475 e. The third-order valence-electron chi connectivity index (χ3n) is 6.72. The number of carbonyl (C=O) groups excluding carboxylic acids is 3. The molecule has 3 atom stereocenters. The monoisotopic (exact) mass is 586 g/mol. The lowest BCUT2D eigenvalue weighted by Gasteiger charge is -2.40. The number of likely N-dealkylation sites (N-methyl/N-ethyl adjacent to an activating group) is 2. The molecule has 232 valence electrons. The standard InChI is InChI=1S/C27H44N4O3.C2HF3O2/c1-17(2)20(16-18(3)23(28)32)31(10)25(34)22(26(4,5)6)30-24(33)21(29-9)27(7,8)19-14-12-11-13-15-19;3-2(4,5)1(6)7/h11-17,20-22,29H,1-10H3,(H2,28,32)(H,30,33);(H,6,7)/t20-,21-,22-;/m1./s1. The summed E-state index contributed by atoms with van der Waals surface area (Å²) in [4.78, 5) is 49.3. The van der Waals surface area contributed by atoms with Gasteiger partial charge >= 0.3 is 12.1 Å². The maximum Gasteiger partial charge on any atom is 0.490 e. The van der Waals surface area contributed by atoms with Gasteiger partial charge in [-0.3, -0.25) is 14.4 Å². The van der Waals surface area contributed by atoms with Crippen molar-refractivity contribution in [2.24, 2.45) is 17.1 Å². The fourth-order valence-electron chi connectivity index (χ4n) is 4.17. The molecule has 0 fully saturated rings. The summed E-state index contributed by atoms with van der Waals surface area (Å²) in [7, 11) is 3.45. The highest BCUT2D eigenvalue weighted by atomic mass is 19.4. The van der Waals surface area contributed by atoms with E-state index in [4.69, 9.17) is 15.6 Å². The summed E-state index contributed by atoms with van der Waals surface area (Å²) in [5, 5.41) is 13.3. The van der Waals surface area contributed by atoms with Crippen LogP contribution in [0.3, 0.4) is 0 Å². The van der Waals surface area contributed by atoms with Crippen LogP contribution in [-0.4, -0.2) is 72.1 Å². The predicted molar refractivity (Wildman–Crippen MR) is 152 cm³/mol. The first-order chi connectivity index (χ1) is 18.5. The van der Waals surface area contributed by atoms with E-state index >= 15 is 0 Å². The van der Waals surface area contributed by atoms with Gasteiger partial charge in [0.1, 0.15) is 6.04 Å². The number of carboxylic acids is 1. The number of nitrogens with one attached hydrogen (secondary N) is 2. The Bertz CT molecular complexity index is 1080. The van der Waals surface area contributed by atoms with Crippen LogP contribution in [0.1, 0.15) is 61.0 Å². The summed E-state index contributed by atoms with van der Waals surface area (Å²) in [5.41, 5.74) is 5.78. The number of primary amides is 1. The zero-order chi connectivity index (χ0) is 32.5. The van der Waals surface area contributed by atoms with Gasteiger partial charge in [0.25, 0.3) is 0 Å². The van der Waals surface area contributed by atoms with Gasteiger partial charge in [-0.25, -0.2) is 4.79 Å². The molecule has 0 radical (unpaired) electrons. The van der Waals surface area contributed by atoms with Gasteiger partial charge in [-0.2, -0.15) is 13.2 Å². The molecule has 0 unspecified atom stereocenters. The second-order valence-electron chi connectivity index (χ2n) is 11.8. The number of alkyl halides is 3. The number of halogens is 3. The lowest BCUT2D eigenvalue weighted by molar-refractivity contribution is -0.192. The Morgan fingerprint density at radius 2 is 1.44 bits per heavy atom. The van der Waals surface area contributed by atoms with Crippen molar-refractivity contribution in [1.82, 2.24) is 15.5 Å². The molecule has 5 N–H and O–H groups in total. The minimum atomic E-state index is -5.08. The molecule has 0 saturated heterocycles. The van der Waals surface area contributed by atoms with Crippen molar-refractivity contribution >= 4 is 23.7 Å². The van der Waals surface area contributed by atoms with Gasteiger partial charge in [-0.1, -0.05) is 84.9 Å². The molecule has 3 amide bonds. The number of benzene rings is 1. The average Bonchev–Trinajstić information content (AvgIpc) is 2.84. The largest absolute Gasteiger partial charge is 0.490 e. The van der Waals surface area contributed by atoms with Crippen LogP contribution in [-0.2, 0) is 24.6 Å². The number of nitrogens with zero attached hydrogens (tertiary/aromatic N) is 1. The number of nitrogens with two attached hydrogens (primary N) is 1. The number of rotatable bonds is 10. The Morgan fingerprint density at radius 1 is 0.976 bits per heavy atom. The van der Waals surface area contributed by atoms with E-state index in [1.54, 1.807) is 32.0 Å². The van der Waals surface area contributed by atoms with E-state index in [1.165, 1.54) is 0 Å². The molecule has 12 heteroatoms.